The third-order valence-electron chi connectivity index (χ3n) is 1.59. The van der Waals surface area contributed by atoms with E-state index >= 15 is 0 Å². The van der Waals surface area contributed by atoms with E-state index < -0.39 is 0 Å². The molecule has 0 aliphatic carbocycles. The lowest BCUT2D eigenvalue weighted by Gasteiger charge is -2.11. The number of hydrogen-bond acceptors (Lipinski definition) is 3. The summed E-state index contributed by atoms with van der Waals surface area (Å²) in [4.78, 5) is 1.98. The molecule has 0 atom stereocenters. The van der Waals surface area contributed by atoms with Gasteiger partial charge in [0, 0.05) is 17.8 Å². The van der Waals surface area contributed by atoms with Crippen LogP contribution >= 0.6 is 12.4 Å². The van der Waals surface area contributed by atoms with Crippen LogP contribution in [0.2, 0.25) is 0 Å². The van der Waals surface area contributed by atoms with Gasteiger partial charge in [0.25, 0.3) is 0 Å². The quantitative estimate of drug-likeness (QED) is 0.564. The van der Waals surface area contributed by atoms with Crippen LogP contribution in [-0.4, -0.2) is 24.1 Å². The SMILES string of the molecule is CN(C)Cc1cc(N)ccc1O.Cl. The van der Waals surface area contributed by atoms with Gasteiger partial charge in [0.15, 0.2) is 0 Å². The Morgan fingerprint density at radius 3 is 2.54 bits per heavy atom. The van der Waals surface area contributed by atoms with Crippen LogP contribution in [0.15, 0.2) is 18.2 Å². The first-order chi connectivity index (χ1) is 5.59. The molecule has 0 aromatic heterocycles. The van der Waals surface area contributed by atoms with E-state index in [0.29, 0.717) is 18.0 Å². The number of rotatable bonds is 2. The molecule has 3 N–H and O–H groups in total. The number of benzene rings is 1. The number of phenolic OH excluding ortho intramolecular Hbond substituents is 1. The van der Waals surface area contributed by atoms with Crippen molar-refractivity contribution in [1.29, 1.82) is 0 Å². The summed E-state index contributed by atoms with van der Waals surface area (Å²) in [5, 5.41) is 9.40. The van der Waals surface area contributed by atoms with E-state index in [0.717, 1.165) is 5.56 Å². The Morgan fingerprint density at radius 1 is 1.38 bits per heavy atom. The van der Waals surface area contributed by atoms with Crippen LogP contribution in [0, 0.1) is 0 Å². The highest BCUT2D eigenvalue weighted by molar-refractivity contribution is 5.85. The third-order valence-corrected chi connectivity index (χ3v) is 1.59. The first-order valence-electron chi connectivity index (χ1n) is 3.81. The minimum absolute atomic E-state index is 0. The van der Waals surface area contributed by atoms with Crippen molar-refractivity contribution in [2.24, 2.45) is 0 Å². The average Bonchev–Trinajstić information content (AvgIpc) is 1.96. The molecule has 0 saturated carbocycles. The van der Waals surface area contributed by atoms with E-state index in [2.05, 4.69) is 0 Å². The summed E-state index contributed by atoms with van der Waals surface area (Å²) in [6, 6.07) is 5.10. The molecule has 0 aliphatic heterocycles. The zero-order valence-corrected chi connectivity index (χ0v) is 8.64. The number of phenols is 1. The normalized spacial score (nSPS) is 9.77. The van der Waals surface area contributed by atoms with E-state index in [1.54, 1.807) is 18.2 Å². The number of aromatic hydroxyl groups is 1. The van der Waals surface area contributed by atoms with Gasteiger partial charge in [-0.2, -0.15) is 0 Å². The maximum absolute atomic E-state index is 9.40. The smallest absolute Gasteiger partial charge is 0.120 e. The number of nitrogens with two attached hydrogens (primary N) is 1. The summed E-state index contributed by atoms with van der Waals surface area (Å²) in [5.74, 6) is 0.304. The first-order valence-corrected chi connectivity index (χ1v) is 3.81. The van der Waals surface area contributed by atoms with Gasteiger partial charge in [-0.05, 0) is 32.3 Å². The summed E-state index contributed by atoms with van der Waals surface area (Å²) >= 11 is 0. The highest BCUT2D eigenvalue weighted by Crippen LogP contribution is 2.20. The first kappa shape index (κ1) is 12.1. The lowest BCUT2D eigenvalue weighted by molar-refractivity contribution is 0.386. The van der Waals surface area contributed by atoms with Crippen molar-refractivity contribution in [2.45, 2.75) is 6.54 Å². The lowest BCUT2D eigenvalue weighted by Crippen LogP contribution is -2.10. The zero-order chi connectivity index (χ0) is 9.14. The summed E-state index contributed by atoms with van der Waals surface area (Å²) < 4.78 is 0. The van der Waals surface area contributed by atoms with E-state index in [4.69, 9.17) is 5.73 Å². The van der Waals surface area contributed by atoms with Gasteiger partial charge in [-0.15, -0.1) is 12.4 Å². The van der Waals surface area contributed by atoms with Gasteiger partial charge in [0.05, 0.1) is 0 Å². The second-order valence-electron chi connectivity index (χ2n) is 3.13. The number of halogens is 1. The van der Waals surface area contributed by atoms with Crippen LogP contribution in [0.5, 0.6) is 5.75 Å². The predicted octanol–water partition coefficient (Wildman–Crippen LogP) is 1.46. The summed E-state index contributed by atoms with van der Waals surface area (Å²) in [6.45, 7) is 0.705. The molecule has 4 heteroatoms. The zero-order valence-electron chi connectivity index (χ0n) is 7.82. The topological polar surface area (TPSA) is 49.5 Å². The van der Waals surface area contributed by atoms with Crippen LogP contribution in [-0.2, 0) is 6.54 Å². The van der Waals surface area contributed by atoms with Crippen molar-refractivity contribution in [2.75, 3.05) is 19.8 Å². The standard InChI is InChI=1S/C9H14N2O.ClH/c1-11(2)6-7-5-8(10)3-4-9(7)12;/h3-5,12H,6,10H2,1-2H3;1H. The molecular formula is C9H15ClN2O. The molecule has 0 bridgehead atoms. The van der Waals surface area contributed by atoms with Gasteiger partial charge in [-0.25, -0.2) is 0 Å². The molecule has 1 rings (SSSR count). The molecule has 1 aromatic carbocycles. The maximum atomic E-state index is 9.40. The van der Waals surface area contributed by atoms with Crippen LogP contribution in [0.3, 0.4) is 0 Å². The van der Waals surface area contributed by atoms with Gasteiger partial charge < -0.3 is 15.7 Å². The molecule has 0 unspecified atom stereocenters. The molecule has 0 spiro atoms. The van der Waals surface area contributed by atoms with Crippen molar-refractivity contribution in [3.63, 3.8) is 0 Å². The second kappa shape index (κ2) is 4.94. The monoisotopic (exact) mass is 202 g/mol. The molecule has 0 amide bonds. The summed E-state index contributed by atoms with van der Waals surface area (Å²) in [6.07, 6.45) is 0. The Labute approximate surface area is 84.6 Å². The van der Waals surface area contributed by atoms with Crippen molar-refractivity contribution in [3.05, 3.63) is 23.8 Å². The highest BCUT2D eigenvalue weighted by Gasteiger charge is 2.01. The van der Waals surface area contributed by atoms with Gasteiger partial charge in [0.1, 0.15) is 5.75 Å². The second-order valence-corrected chi connectivity index (χ2v) is 3.13. The Balaban J connectivity index is 0.00000144. The summed E-state index contributed by atoms with van der Waals surface area (Å²) in [5.41, 5.74) is 7.12. The minimum atomic E-state index is 0. The largest absolute Gasteiger partial charge is 0.508 e. The number of anilines is 1. The van der Waals surface area contributed by atoms with E-state index in [1.165, 1.54) is 0 Å². The third kappa shape index (κ3) is 3.53. The van der Waals surface area contributed by atoms with Gasteiger partial charge in [-0.3, -0.25) is 0 Å². The van der Waals surface area contributed by atoms with Crippen molar-refractivity contribution in [3.8, 4) is 5.75 Å². The fourth-order valence-corrected chi connectivity index (χ4v) is 1.07. The van der Waals surface area contributed by atoms with Crippen molar-refractivity contribution in [1.82, 2.24) is 4.90 Å². The number of nitrogen functional groups attached to an aromatic ring is 1. The van der Waals surface area contributed by atoms with E-state index in [-0.39, 0.29) is 12.4 Å². The highest BCUT2D eigenvalue weighted by atomic mass is 35.5. The summed E-state index contributed by atoms with van der Waals surface area (Å²) in [7, 11) is 3.89. The minimum Gasteiger partial charge on any atom is -0.508 e. The fraction of sp³-hybridized carbons (Fsp3) is 0.333. The number of nitrogens with zero attached hydrogens (tertiary/aromatic N) is 1. The van der Waals surface area contributed by atoms with Crippen LogP contribution in [0.1, 0.15) is 5.56 Å². The molecule has 74 valence electrons. The lowest BCUT2D eigenvalue weighted by atomic mass is 10.2. The molecule has 0 radical (unpaired) electrons. The molecule has 3 nitrogen and oxygen atoms in total. The molecule has 1 aromatic rings. The predicted molar refractivity (Wildman–Crippen MR) is 57.2 cm³/mol. The fourth-order valence-electron chi connectivity index (χ4n) is 1.07. The molecule has 13 heavy (non-hydrogen) atoms. The van der Waals surface area contributed by atoms with Crippen LogP contribution in [0.4, 0.5) is 5.69 Å². The number of hydrogen-bond donors (Lipinski definition) is 2. The molecule has 0 heterocycles. The van der Waals surface area contributed by atoms with Crippen molar-refractivity contribution >= 4 is 18.1 Å². The van der Waals surface area contributed by atoms with Crippen LogP contribution in [0.25, 0.3) is 0 Å². The molecule has 0 fully saturated rings. The Morgan fingerprint density at radius 2 is 2.00 bits per heavy atom. The van der Waals surface area contributed by atoms with Gasteiger partial charge in [-0.1, -0.05) is 0 Å². The Bertz CT molecular complexity index is 276. The van der Waals surface area contributed by atoms with E-state index in [9.17, 15) is 5.11 Å². The van der Waals surface area contributed by atoms with E-state index in [1.807, 2.05) is 19.0 Å². The molecular weight excluding hydrogens is 188 g/mol. The van der Waals surface area contributed by atoms with Gasteiger partial charge in [0.2, 0.25) is 0 Å². The molecule has 0 saturated heterocycles. The van der Waals surface area contributed by atoms with Crippen molar-refractivity contribution < 1.29 is 5.11 Å². The van der Waals surface area contributed by atoms with Crippen LogP contribution < -0.4 is 5.73 Å². The van der Waals surface area contributed by atoms with Gasteiger partial charge >= 0.3 is 0 Å². The maximum Gasteiger partial charge on any atom is 0.120 e. The average molecular weight is 203 g/mol. The Hall–Kier alpha value is -0.930. The Kier molecular flexibility index (Phi) is 4.59. The molecule has 0 aliphatic rings.